The quantitative estimate of drug-likeness (QED) is 0.746. The highest BCUT2D eigenvalue weighted by atomic mass is 19.1. The summed E-state index contributed by atoms with van der Waals surface area (Å²) in [5.74, 6) is 4.44. The van der Waals surface area contributed by atoms with Gasteiger partial charge in [-0.2, -0.15) is 0 Å². The zero-order valence-corrected chi connectivity index (χ0v) is 11.4. The molecule has 108 valence electrons. The summed E-state index contributed by atoms with van der Waals surface area (Å²) in [6, 6.07) is 3.69. The number of aliphatic hydroxyl groups excluding tert-OH is 1. The van der Waals surface area contributed by atoms with E-state index in [1.165, 1.54) is 12.1 Å². The average Bonchev–Trinajstić information content (AvgIpc) is 3.00. The molecule has 2 rings (SSSR count). The van der Waals surface area contributed by atoms with Gasteiger partial charge in [0.25, 0.3) is 5.91 Å². The Morgan fingerprint density at radius 1 is 1.57 bits per heavy atom. The molecule has 3 N–H and O–H groups in total. The van der Waals surface area contributed by atoms with E-state index in [1.807, 2.05) is 0 Å². The van der Waals surface area contributed by atoms with Gasteiger partial charge < -0.3 is 15.4 Å². The maximum Gasteiger partial charge on any atom is 0.251 e. The Bertz CT molecular complexity index is 687. The lowest BCUT2D eigenvalue weighted by Gasteiger charge is -2.11. The summed E-state index contributed by atoms with van der Waals surface area (Å²) in [4.78, 5) is 19.0. The average molecular weight is 287 g/mol. The third-order valence-corrected chi connectivity index (χ3v) is 2.81. The van der Waals surface area contributed by atoms with Gasteiger partial charge in [0.1, 0.15) is 18.2 Å². The molecule has 0 aliphatic carbocycles. The lowest BCUT2D eigenvalue weighted by Crippen LogP contribution is -2.27. The SMILES string of the molecule is CC(NC(=O)c1ccc(C#CCO)c(F)c1)c1ncc[nH]1. The number of nitrogens with one attached hydrogen (secondary N) is 2. The van der Waals surface area contributed by atoms with E-state index >= 15 is 0 Å². The molecule has 0 aliphatic heterocycles. The smallest absolute Gasteiger partial charge is 0.251 e. The molecule has 1 amide bonds. The van der Waals surface area contributed by atoms with Crippen molar-refractivity contribution >= 4 is 5.91 Å². The monoisotopic (exact) mass is 287 g/mol. The number of benzene rings is 1. The van der Waals surface area contributed by atoms with Gasteiger partial charge in [0.15, 0.2) is 0 Å². The summed E-state index contributed by atoms with van der Waals surface area (Å²) < 4.78 is 13.8. The Hall–Kier alpha value is -2.65. The zero-order valence-electron chi connectivity index (χ0n) is 11.4. The number of amides is 1. The summed E-state index contributed by atoms with van der Waals surface area (Å²) in [6.45, 7) is 1.43. The Balaban J connectivity index is 2.11. The second kappa shape index (κ2) is 6.68. The first-order valence-electron chi connectivity index (χ1n) is 6.31. The molecule has 0 spiro atoms. The zero-order chi connectivity index (χ0) is 15.2. The molecule has 1 aromatic carbocycles. The summed E-state index contributed by atoms with van der Waals surface area (Å²) in [5, 5.41) is 11.3. The van der Waals surface area contributed by atoms with Crippen molar-refractivity contribution in [2.24, 2.45) is 0 Å². The minimum Gasteiger partial charge on any atom is -0.384 e. The van der Waals surface area contributed by atoms with Gasteiger partial charge >= 0.3 is 0 Å². The third-order valence-electron chi connectivity index (χ3n) is 2.81. The number of H-pyrrole nitrogens is 1. The normalized spacial score (nSPS) is 11.4. The largest absolute Gasteiger partial charge is 0.384 e. The van der Waals surface area contributed by atoms with Gasteiger partial charge in [-0.15, -0.1) is 0 Å². The van der Waals surface area contributed by atoms with Crippen molar-refractivity contribution in [2.75, 3.05) is 6.61 Å². The van der Waals surface area contributed by atoms with Crippen LogP contribution in [-0.2, 0) is 0 Å². The molecular formula is C15H14FN3O2. The van der Waals surface area contributed by atoms with E-state index in [1.54, 1.807) is 19.3 Å². The van der Waals surface area contributed by atoms with Crippen LogP contribution in [0.3, 0.4) is 0 Å². The Kier molecular flexibility index (Phi) is 4.69. The summed E-state index contributed by atoms with van der Waals surface area (Å²) in [5.41, 5.74) is 0.333. The molecule has 0 saturated carbocycles. The number of aromatic nitrogens is 2. The predicted octanol–water partition coefficient (Wildman–Crippen LogP) is 1.38. The van der Waals surface area contributed by atoms with Crippen molar-refractivity contribution in [2.45, 2.75) is 13.0 Å². The molecule has 6 heteroatoms. The standard InChI is InChI=1S/C15H14FN3O2/c1-10(14-17-6-7-18-14)19-15(21)12-5-4-11(3-2-8-20)13(16)9-12/h4-7,9-10,20H,8H2,1H3,(H,17,18)(H,19,21). The molecule has 0 saturated heterocycles. The van der Waals surface area contributed by atoms with E-state index in [9.17, 15) is 9.18 Å². The molecule has 2 aromatic rings. The summed E-state index contributed by atoms with van der Waals surface area (Å²) in [6.07, 6.45) is 3.25. The van der Waals surface area contributed by atoms with Crippen LogP contribution < -0.4 is 5.32 Å². The van der Waals surface area contributed by atoms with Crippen molar-refractivity contribution in [3.8, 4) is 11.8 Å². The number of aromatic amines is 1. The van der Waals surface area contributed by atoms with Gasteiger partial charge in [0, 0.05) is 18.0 Å². The number of imidazole rings is 1. The number of nitrogens with zero attached hydrogens (tertiary/aromatic N) is 1. The molecule has 0 radical (unpaired) electrons. The van der Waals surface area contributed by atoms with Gasteiger partial charge in [0.2, 0.25) is 0 Å². The summed E-state index contributed by atoms with van der Waals surface area (Å²) in [7, 11) is 0. The number of halogens is 1. The first-order valence-corrected chi connectivity index (χ1v) is 6.31. The van der Waals surface area contributed by atoms with Crippen LogP contribution in [0.15, 0.2) is 30.6 Å². The Labute approximate surface area is 121 Å². The second-order valence-corrected chi connectivity index (χ2v) is 4.32. The van der Waals surface area contributed by atoms with Gasteiger partial charge in [0.05, 0.1) is 11.6 Å². The predicted molar refractivity (Wildman–Crippen MR) is 74.8 cm³/mol. The van der Waals surface area contributed by atoms with E-state index in [0.29, 0.717) is 5.82 Å². The fourth-order valence-electron chi connectivity index (χ4n) is 1.76. The van der Waals surface area contributed by atoms with Gasteiger partial charge in [-0.1, -0.05) is 11.8 Å². The van der Waals surface area contributed by atoms with Crippen LogP contribution in [0, 0.1) is 17.7 Å². The lowest BCUT2D eigenvalue weighted by molar-refractivity contribution is 0.0938. The van der Waals surface area contributed by atoms with Crippen LogP contribution in [0.5, 0.6) is 0 Å². The van der Waals surface area contributed by atoms with Crippen LogP contribution in [0.25, 0.3) is 0 Å². The molecule has 0 bridgehead atoms. The fourth-order valence-corrected chi connectivity index (χ4v) is 1.76. The first-order chi connectivity index (χ1) is 10.1. The fraction of sp³-hybridized carbons (Fsp3) is 0.200. The highest BCUT2D eigenvalue weighted by Crippen LogP contribution is 2.12. The van der Waals surface area contributed by atoms with Crippen molar-refractivity contribution in [1.82, 2.24) is 15.3 Å². The van der Waals surface area contributed by atoms with Gasteiger partial charge in [-0.3, -0.25) is 4.79 Å². The molecular weight excluding hydrogens is 273 g/mol. The van der Waals surface area contributed by atoms with Crippen molar-refractivity contribution in [1.29, 1.82) is 0 Å². The first kappa shape index (κ1) is 14.8. The summed E-state index contributed by atoms with van der Waals surface area (Å²) >= 11 is 0. The Morgan fingerprint density at radius 3 is 3.00 bits per heavy atom. The Morgan fingerprint density at radius 2 is 2.38 bits per heavy atom. The molecule has 1 atom stereocenters. The minimum absolute atomic E-state index is 0.139. The third kappa shape index (κ3) is 3.68. The molecule has 1 heterocycles. The maximum atomic E-state index is 13.8. The van der Waals surface area contributed by atoms with Crippen molar-refractivity contribution < 1.29 is 14.3 Å². The molecule has 21 heavy (non-hydrogen) atoms. The highest BCUT2D eigenvalue weighted by Gasteiger charge is 2.14. The second-order valence-electron chi connectivity index (χ2n) is 4.32. The maximum absolute atomic E-state index is 13.8. The molecule has 0 aliphatic rings. The van der Waals surface area contributed by atoms with Crippen LogP contribution >= 0.6 is 0 Å². The van der Waals surface area contributed by atoms with Crippen molar-refractivity contribution in [3.63, 3.8) is 0 Å². The van der Waals surface area contributed by atoms with E-state index in [4.69, 9.17) is 5.11 Å². The number of hydrogen-bond acceptors (Lipinski definition) is 3. The van der Waals surface area contributed by atoms with Gasteiger partial charge in [-0.25, -0.2) is 9.37 Å². The highest BCUT2D eigenvalue weighted by molar-refractivity contribution is 5.94. The number of carbonyl (C=O) groups excluding carboxylic acids is 1. The number of aliphatic hydroxyl groups is 1. The molecule has 1 aromatic heterocycles. The van der Waals surface area contributed by atoms with Crippen LogP contribution in [0.2, 0.25) is 0 Å². The topological polar surface area (TPSA) is 78.0 Å². The number of rotatable bonds is 3. The van der Waals surface area contributed by atoms with E-state index < -0.39 is 11.7 Å². The minimum atomic E-state index is -0.603. The molecule has 0 fully saturated rings. The van der Waals surface area contributed by atoms with Crippen molar-refractivity contribution in [3.05, 3.63) is 53.4 Å². The van der Waals surface area contributed by atoms with Crippen LogP contribution in [0.4, 0.5) is 4.39 Å². The van der Waals surface area contributed by atoms with E-state index in [2.05, 4.69) is 27.1 Å². The number of hydrogen-bond donors (Lipinski definition) is 3. The van der Waals surface area contributed by atoms with E-state index in [0.717, 1.165) is 6.07 Å². The number of carbonyl (C=O) groups is 1. The van der Waals surface area contributed by atoms with E-state index in [-0.39, 0.29) is 23.8 Å². The molecule has 5 nitrogen and oxygen atoms in total. The lowest BCUT2D eigenvalue weighted by atomic mass is 10.1. The van der Waals surface area contributed by atoms with Crippen LogP contribution in [-0.4, -0.2) is 27.6 Å². The molecule has 1 unspecified atom stereocenters. The van der Waals surface area contributed by atoms with Gasteiger partial charge in [-0.05, 0) is 25.1 Å². The van der Waals surface area contributed by atoms with Crippen LogP contribution in [0.1, 0.15) is 34.7 Å².